The first-order valence-electron chi connectivity index (χ1n) is 5.29. The van der Waals surface area contributed by atoms with Crippen LogP contribution < -0.4 is 4.74 Å². The predicted octanol–water partition coefficient (Wildman–Crippen LogP) is 2.54. The lowest BCUT2D eigenvalue weighted by Crippen LogP contribution is -2.21. The minimum Gasteiger partial charge on any atom is -0.490 e. The monoisotopic (exact) mass is 244 g/mol. The van der Waals surface area contributed by atoms with Crippen molar-refractivity contribution >= 4 is 5.97 Å². The minimum absolute atomic E-state index is 0.0125. The summed E-state index contributed by atoms with van der Waals surface area (Å²) in [7, 11) is 0. The predicted molar refractivity (Wildman–Crippen MR) is 57.7 cm³/mol. The van der Waals surface area contributed by atoms with Crippen LogP contribution in [-0.4, -0.2) is 19.2 Å². The highest BCUT2D eigenvalue weighted by Crippen LogP contribution is 2.18. The lowest BCUT2D eigenvalue weighted by atomic mass is 10.2. The smallest absolute Gasteiger partial charge is 0.312 e. The number of halogens is 2. The van der Waals surface area contributed by atoms with Crippen LogP contribution in [0.4, 0.5) is 8.78 Å². The van der Waals surface area contributed by atoms with Crippen molar-refractivity contribution in [3.63, 3.8) is 0 Å². The second-order valence-electron chi connectivity index (χ2n) is 3.54. The number of carbonyl (C=O) groups is 1. The first kappa shape index (κ1) is 13.4. The van der Waals surface area contributed by atoms with Gasteiger partial charge in [-0.1, -0.05) is 0 Å². The second kappa shape index (κ2) is 6.18. The Balaban J connectivity index is 2.52. The molecule has 0 bridgehead atoms. The Morgan fingerprint density at radius 1 is 1.41 bits per heavy atom. The van der Waals surface area contributed by atoms with Gasteiger partial charge in [0.2, 0.25) is 0 Å². The van der Waals surface area contributed by atoms with Gasteiger partial charge in [-0.2, -0.15) is 0 Å². The summed E-state index contributed by atoms with van der Waals surface area (Å²) in [5.41, 5.74) is 0. The summed E-state index contributed by atoms with van der Waals surface area (Å²) < 4.78 is 35.6. The van der Waals surface area contributed by atoms with Gasteiger partial charge in [-0.3, -0.25) is 4.79 Å². The Morgan fingerprint density at radius 2 is 2.12 bits per heavy atom. The number of rotatable bonds is 5. The van der Waals surface area contributed by atoms with Crippen molar-refractivity contribution in [1.29, 1.82) is 0 Å². The van der Waals surface area contributed by atoms with Gasteiger partial charge >= 0.3 is 5.97 Å². The number of esters is 1. The topological polar surface area (TPSA) is 35.5 Å². The quantitative estimate of drug-likeness (QED) is 0.747. The number of carbonyl (C=O) groups excluding carboxylic acids is 1. The van der Waals surface area contributed by atoms with Crippen LogP contribution in [0.15, 0.2) is 18.2 Å². The van der Waals surface area contributed by atoms with Crippen LogP contribution in [0, 0.1) is 17.6 Å². The molecule has 0 radical (unpaired) electrons. The molecule has 0 aliphatic carbocycles. The van der Waals surface area contributed by atoms with E-state index in [2.05, 4.69) is 0 Å². The van der Waals surface area contributed by atoms with E-state index in [0.29, 0.717) is 0 Å². The van der Waals surface area contributed by atoms with Crippen LogP contribution in [0.5, 0.6) is 5.75 Å². The maximum absolute atomic E-state index is 13.2. The van der Waals surface area contributed by atoms with Crippen molar-refractivity contribution < 1.29 is 23.0 Å². The fraction of sp³-hybridized carbons (Fsp3) is 0.417. The molecule has 1 atom stereocenters. The van der Waals surface area contributed by atoms with Crippen molar-refractivity contribution in [3.8, 4) is 5.75 Å². The van der Waals surface area contributed by atoms with E-state index < -0.39 is 23.5 Å². The van der Waals surface area contributed by atoms with E-state index in [1.54, 1.807) is 13.8 Å². The van der Waals surface area contributed by atoms with Crippen molar-refractivity contribution in [2.45, 2.75) is 13.8 Å². The number of benzene rings is 1. The fourth-order valence-electron chi connectivity index (χ4n) is 1.16. The zero-order chi connectivity index (χ0) is 12.8. The zero-order valence-electron chi connectivity index (χ0n) is 9.70. The van der Waals surface area contributed by atoms with E-state index in [0.717, 1.165) is 12.1 Å². The summed E-state index contributed by atoms with van der Waals surface area (Å²) in [6.45, 7) is 3.58. The summed E-state index contributed by atoms with van der Waals surface area (Å²) in [5, 5.41) is 0. The van der Waals surface area contributed by atoms with Crippen molar-refractivity contribution in [1.82, 2.24) is 0 Å². The molecule has 17 heavy (non-hydrogen) atoms. The Morgan fingerprint density at radius 3 is 2.71 bits per heavy atom. The Hall–Kier alpha value is -1.65. The van der Waals surface area contributed by atoms with E-state index in [-0.39, 0.29) is 19.0 Å². The van der Waals surface area contributed by atoms with E-state index in [9.17, 15) is 13.6 Å². The maximum Gasteiger partial charge on any atom is 0.312 e. The third kappa shape index (κ3) is 4.01. The molecule has 1 aromatic carbocycles. The minimum atomic E-state index is -0.791. The van der Waals surface area contributed by atoms with Gasteiger partial charge in [0.1, 0.15) is 12.4 Å². The largest absolute Gasteiger partial charge is 0.490 e. The third-order valence-corrected chi connectivity index (χ3v) is 2.07. The van der Waals surface area contributed by atoms with Crippen molar-refractivity contribution in [3.05, 3.63) is 29.8 Å². The van der Waals surface area contributed by atoms with Crippen LogP contribution in [0.25, 0.3) is 0 Å². The molecule has 0 aromatic heterocycles. The molecule has 0 fully saturated rings. The normalized spacial score (nSPS) is 12.0. The second-order valence-corrected chi connectivity index (χ2v) is 3.54. The first-order chi connectivity index (χ1) is 8.04. The van der Waals surface area contributed by atoms with Crippen LogP contribution in [0.3, 0.4) is 0 Å². The SMILES string of the molecule is CCOC(=O)C(C)COc1ccc(F)cc1F. The molecular weight excluding hydrogens is 230 g/mol. The summed E-state index contributed by atoms with van der Waals surface area (Å²) in [4.78, 5) is 11.2. The van der Waals surface area contributed by atoms with Gasteiger partial charge in [0.05, 0.1) is 12.5 Å². The van der Waals surface area contributed by atoms with Gasteiger partial charge in [0.15, 0.2) is 11.6 Å². The molecule has 0 saturated heterocycles. The maximum atomic E-state index is 13.2. The van der Waals surface area contributed by atoms with E-state index in [1.165, 1.54) is 6.07 Å². The summed E-state index contributed by atoms with van der Waals surface area (Å²) >= 11 is 0. The van der Waals surface area contributed by atoms with Crippen LogP contribution in [-0.2, 0) is 9.53 Å². The van der Waals surface area contributed by atoms with E-state index >= 15 is 0 Å². The fourth-order valence-corrected chi connectivity index (χ4v) is 1.16. The molecular formula is C12H14F2O3. The van der Waals surface area contributed by atoms with Gasteiger partial charge in [-0.25, -0.2) is 8.78 Å². The Labute approximate surface area is 98.3 Å². The molecule has 0 heterocycles. The lowest BCUT2D eigenvalue weighted by Gasteiger charge is -2.12. The van der Waals surface area contributed by atoms with Gasteiger partial charge < -0.3 is 9.47 Å². The van der Waals surface area contributed by atoms with Crippen LogP contribution >= 0.6 is 0 Å². The van der Waals surface area contributed by atoms with Crippen molar-refractivity contribution in [2.75, 3.05) is 13.2 Å². The molecule has 0 amide bonds. The molecule has 0 N–H and O–H groups in total. The molecule has 0 spiro atoms. The highest BCUT2D eigenvalue weighted by molar-refractivity contribution is 5.72. The third-order valence-electron chi connectivity index (χ3n) is 2.07. The lowest BCUT2D eigenvalue weighted by molar-refractivity contribution is -0.148. The van der Waals surface area contributed by atoms with E-state index in [1.807, 2.05) is 0 Å². The highest BCUT2D eigenvalue weighted by Gasteiger charge is 2.15. The Kier molecular flexibility index (Phi) is 4.87. The number of ether oxygens (including phenoxy) is 2. The number of hydrogen-bond acceptors (Lipinski definition) is 3. The zero-order valence-corrected chi connectivity index (χ0v) is 9.70. The van der Waals surface area contributed by atoms with Crippen molar-refractivity contribution in [2.24, 2.45) is 5.92 Å². The average molecular weight is 244 g/mol. The molecule has 0 saturated carbocycles. The molecule has 0 aliphatic heterocycles. The number of hydrogen-bond donors (Lipinski definition) is 0. The first-order valence-corrected chi connectivity index (χ1v) is 5.29. The standard InChI is InChI=1S/C12H14F2O3/c1-3-16-12(15)8(2)7-17-11-5-4-9(13)6-10(11)14/h4-6,8H,3,7H2,1-2H3. The molecule has 3 nitrogen and oxygen atoms in total. The van der Waals surface area contributed by atoms with Gasteiger partial charge in [0.25, 0.3) is 0 Å². The summed E-state index contributed by atoms with van der Waals surface area (Å²) in [6, 6.07) is 3.00. The molecule has 1 unspecified atom stereocenters. The van der Waals surface area contributed by atoms with Gasteiger partial charge in [0, 0.05) is 6.07 Å². The van der Waals surface area contributed by atoms with E-state index in [4.69, 9.17) is 9.47 Å². The van der Waals surface area contributed by atoms with Crippen LogP contribution in [0.1, 0.15) is 13.8 Å². The molecule has 1 aromatic rings. The molecule has 1 rings (SSSR count). The van der Waals surface area contributed by atoms with Crippen LogP contribution in [0.2, 0.25) is 0 Å². The van der Waals surface area contributed by atoms with Gasteiger partial charge in [-0.05, 0) is 26.0 Å². The molecule has 94 valence electrons. The van der Waals surface area contributed by atoms with Gasteiger partial charge in [-0.15, -0.1) is 0 Å². The summed E-state index contributed by atoms with van der Waals surface area (Å²) in [6.07, 6.45) is 0. The highest BCUT2D eigenvalue weighted by atomic mass is 19.1. The Bertz CT molecular complexity index is 393. The average Bonchev–Trinajstić information content (AvgIpc) is 2.27. The summed E-state index contributed by atoms with van der Waals surface area (Å²) in [5.74, 6) is -2.45. The molecule has 5 heteroatoms. The molecule has 0 aliphatic rings.